The van der Waals surface area contributed by atoms with E-state index in [0.29, 0.717) is 0 Å². The number of thioether (sulfide) groups is 1. The van der Waals surface area contributed by atoms with E-state index in [1.54, 1.807) is 0 Å². The van der Waals surface area contributed by atoms with Crippen LogP contribution in [0.1, 0.15) is 30.0 Å². The Hall–Kier alpha value is -1.82. The average molecular weight is 339 g/mol. The Morgan fingerprint density at radius 2 is 2.05 bits per heavy atom. The predicted octanol–water partition coefficient (Wildman–Crippen LogP) is 4.21. The highest BCUT2D eigenvalue weighted by atomic mass is 32.2. The molecular weight excluding hydrogens is 329 g/mol. The maximum atomic E-state index is 12.8. The molecule has 0 unspecified atom stereocenters. The van der Waals surface area contributed by atoms with Crippen LogP contribution in [0.3, 0.4) is 0 Å². The monoisotopic (exact) mass is 339 g/mol. The van der Waals surface area contributed by atoms with Gasteiger partial charge in [-0.15, -0.1) is 0 Å². The molecular formula is C13H10F5NO2S. The normalized spacial score (nSPS) is 11.4. The fraction of sp³-hybridized carbons (Fsp3) is 0.385. The summed E-state index contributed by atoms with van der Waals surface area (Å²) < 4.78 is 68.1. The number of nitrogens with zero attached hydrogens (tertiary/aromatic N) is 1. The lowest BCUT2D eigenvalue weighted by molar-refractivity contribution is -0.142. The molecule has 1 aromatic carbocycles. The first kappa shape index (κ1) is 18.2. The van der Waals surface area contributed by atoms with E-state index in [1.807, 2.05) is 0 Å². The van der Waals surface area contributed by atoms with Crippen molar-refractivity contribution in [2.24, 2.45) is 0 Å². The van der Waals surface area contributed by atoms with Gasteiger partial charge in [0.15, 0.2) is 0 Å². The Balaban J connectivity index is 3.37. The van der Waals surface area contributed by atoms with Crippen molar-refractivity contribution >= 4 is 17.7 Å². The molecule has 0 heterocycles. The maximum absolute atomic E-state index is 12.8. The Morgan fingerprint density at radius 1 is 1.41 bits per heavy atom. The molecule has 0 atom stereocenters. The molecule has 0 saturated heterocycles. The molecule has 0 saturated carbocycles. The number of rotatable bonds is 5. The van der Waals surface area contributed by atoms with Gasteiger partial charge in [0.1, 0.15) is 6.07 Å². The number of esters is 1. The molecule has 0 N–H and O–H groups in total. The van der Waals surface area contributed by atoms with Crippen LogP contribution in [0.2, 0.25) is 0 Å². The Kier molecular flexibility index (Phi) is 6.17. The van der Waals surface area contributed by atoms with Gasteiger partial charge in [-0.25, -0.2) is 8.78 Å². The van der Waals surface area contributed by atoms with Crippen LogP contribution in [0.15, 0.2) is 17.0 Å². The lowest BCUT2D eigenvalue weighted by Gasteiger charge is -2.15. The second-order valence-corrected chi connectivity index (χ2v) is 5.04. The number of hydrogen-bond acceptors (Lipinski definition) is 4. The fourth-order valence-corrected chi connectivity index (χ4v) is 2.45. The van der Waals surface area contributed by atoms with Gasteiger partial charge < -0.3 is 4.74 Å². The number of carbonyl (C=O) groups excluding carboxylic acids is 1. The lowest BCUT2D eigenvalue weighted by atomic mass is 10.0. The quantitative estimate of drug-likeness (QED) is 0.458. The van der Waals surface area contributed by atoms with E-state index in [1.165, 1.54) is 13.0 Å². The van der Waals surface area contributed by atoms with Gasteiger partial charge in [-0.05, 0) is 24.2 Å². The minimum atomic E-state index is -4.78. The van der Waals surface area contributed by atoms with Crippen molar-refractivity contribution in [3.8, 4) is 6.07 Å². The highest BCUT2D eigenvalue weighted by Crippen LogP contribution is 2.42. The zero-order valence-electron chi connectivity index (χ0n) is 11.2. The van der Waals surface area contributed by atoms with Crippen molar-refractivity contribution in [3.05, 3.63) is 28.8 Å². The molecule has 3 nitrogen and oxygen atoms in total. The second-order valence-electron chi connectivity index (χ2n) is 3.96. The van der Waals surface area contributed by atoms with E-state index < -0.39 is 52.1 Å². The van der Waals surface area contributed by atoms with Crippen LogP contribution in [0.25, 0.3) is 0 Å². The van der Waals surface area contributed by atoms with E-state index >= 15 is 0 Å². The highest BCUT2D eigenvalue weighted by molar-refractivity contribution is 8.00. The van der Waals surface area contributed by atoms with E-state index in [0.717, 1.165) is 12.1 Å². The van der Waals surface area contributed by atoms with E-state index in [4.69, 9.17) is 5.26 Å². The van der Waals surface area contributed by atoms with Crippen molar-refractivity contribution < 1.29 is 31.5 Å². The van der Waals surface area contributed by atoms with Crippen LogP contribution in [0.4, 0.5) is 22.0 Å². The van der Waals surface area contributed by atoms with E-state index in [9.17, 15) is 26.7 Å². The highest BCUT2D eigenvalue weighted by Gasteiger charge is 2.33. The summed E-state index contributed by atoms with van der Waals surface area (Å²) in [5, 5.41) is 8.93. The molecule has 9 heteroatoms. The van der Waals surface area contributed by atoms with Gasteiger partial charge in [-0.1, -0.05) is 12.1 Å². The molecule has 0 aromatic heterocycles. The van der Waals surface area contributed by atoms with Gasteiger partial charge in [-0.2, -0.15) is 18.4 Å². The van der Waals surface area contributed by atoms with E-state index in [-0.39, 0.29) is 12.2 Å². The molecule has 0 aliphatic heterocycles. The van der Waals surface area contributed by atoms with Gasteiger partial charge in [0, 0.05) is 10.5 Å². The first-order valence-electron chi connectivity index (χ1n) is 5.95. The molecule has 120 valence electrons. The van der Waals surface area contributed by atoms with Gasteiger partial charge in [0.25, 0.3) is 6.43 Å². The molecule has 0 aliphatic rings. The van der Waals surface area contributed by atoms with Crippen molar-refractivity contribution in [2.45, 2.75) is 30.2 Å². The number of hydrogen-bond donors (Lipinski definition) is 0. The van der Waals surface area contributed by atoms with Crippen molar-refractivity contribution in [3.63, 3.8) is 0 Å². The zero-order valence-corrected chi connectivity index (χ0v) is 12.0. The van der Waals surface area contributed by atoms with Crippen LogP contribution in [-0.4, -0.2) is 18.1 Å². The summed E-state index contributed by atoms with van der Waals surface area (Å²) >= 11 is -0.693. The summed E-state index contributed by atoms with van der Waals surface area (Å²) in [6, 6.07) is 3.19. The second kappa shape index (κ2) is 7.45. The molecule has 0 spiro atoms. The summed E-state index contributed by atoms with van der Waals surface area (Å²) in [7, 11) is 0. The third-order valence-electron chi connectivity index (χ3n) is 2.48. The topological polar surface area (TPSA) is 50.1 Å². The minimum Gasteiger partial charge on any atom is -0.466 e. The van der Waals surface area contributed by atoms with Gasteiger partial charge in [0.05, 0.1) is 18.6 Å². The average Bonchev–Trinajstić information content (AvgIpc) is 2.38. The largest absolute Gasteiger partial charge is 0.466 e. The molecule has 22 heavy (non-hydrogen) atoms. The first-order chi connectivity index (χ1) is 10.2. The smallest absolute Gasteiger partial charge is 0.446 e. The number of carbonyl (C=O) groups is 1. The number of alkyl halides is 5. The van der Waals surface area contributed by atoms with Gasteiger partial charge in [0.2, 0.25) is 0 Å². The summed E-state index contributed by atoms with van der Waals surface area (Å²) in [5.74, 6) is -0.805. The zero-order chi connectivity index (χ0) is 16.9. The Morgan fingerprint density at radius 3 is 2.50 bits per heavy atom. The maximum Gasteiger partial charge on any atom is 0.446 e. The minimum absolute atomic E-state index is 0.0286. The Labute approximate surface area is 127 Å². The van der Waals surface area contributed by atoms with Gasteiger partial charge in [-0.3, -0.25) is 4.79 Å². The fourth-order valence-electron chi connectivity index (χ4n) is 1.68. The first-order valence-corrected chi connectivity index (χ1v) is 6.76. The predicted molar refractivity (Wildman–Crippen MR) is 68.4 cm³/mol. The summed E-state index contributed by atoms with van der Waals surface area (Å²) in [6.07, 6.45) is -3.64. The van der Waals surface area contributed by atoms with E-state index in [2.05, 4.69) is 4.74 Å². The molecule has 1 aromatic rings. The van der Waals surface area contributed by atoms with Crippen LogP contribution in [0.5, 0.6) is 0 Å². The van der Waals surface area contributed by atoms with Crippen LogP contribution >= 0.6 is 11.8 Å². The summed E-state index contributed by atoms with van der Waals surface area (Å²) in [4.78, 5) is 10.7. The molecule has 0 fully saturated rings. The number of ether oxygens (including phenoxy) is 1. The molecule has 0 aliphatic carbocycles. The summed E-state index contributed by atoms with van der Waals surface area (Å²) in [5.41, 5.74) is -6.54. The summed E-state index contributed by atoms with van der Waals surface area (Å²) in [6.45, 7) is 1.55. The molecule has 0 amide bonds. The van der Waals surface area contributed by atoms with Gasteiger partial charge >= 0.3 is 11.5 Å². The van der Waals surface area contributed by atoms with Crippen LogP contribution in [-0.2, 0) is 16.0 Å². The lowest BCUT2D eigenvalue weighted by Crippen LogP contribution is -2.11. The third-order valence-corrected chi connectivity index (χ3v) is 3.38. The molecule has 1 rings (SSSR count). The number of benzene rings is 1. The number of halogens is 5. The SMILES string of the molecule is CCOC(=O)Cc1ccc(C(F)F)c(C#N)c1SC(F)(F)F. The Bertz CT molecular complexity index is 595. The number of nitriles is 1. The third kappa shape index (κ3) is 4.87. The van der Waals surface area contributed by atoms with Crippen LogP contribution in [0, 0.1) is 11.3 Å². The standard InChI is InChI=1S/C13H10F5NO2S/c1-2-21-10(20)5-7-3-4-8(12(14)15)9(6-19)11(7)22-13(16,17)18/h3-4,12H,2,5H2,1H3. The van der Waals surface area contributed by atoms with Crippen LogP contribution < -0.4 is 0 Å². The molecule has 0 radical (unpaired) electrons. The van der Waals surface area contributed by atoms with Crippen molar-refractivity contribution in [1.82, 2.24) is 0 Å². The molecule has 0 bridgehead atoms. The van der Waals surface area contributed by atoms with Crippen molar-refractivity contribution in [1.29, 1.82) is 5.26 Å². The van der Waals surface area contributed by atoms with Crippen molar-refractivity contribution in [2.75, 3.05) is 6.61 Å².